The first-order valence-corrected chi connectivity index (χ1v) is 2.65. The van der Waals surface area contributed by atoms with E-state index in [1.165, 1.54) is 5.69 Å². The van der Waals surface area contributed by atoms with E-state index < -0.39 is 0 Å². The maximum atomic E-state index is 4.05. The van der Waals surface area contributed by atoms with Crippen molar-refractivity contribution < 1.29 is 0 Å². The Labute approximate surface area is 47.4 Å². The molecular formula is C6H6N2. The van der Waals surface area contributed by atoms with Gasteiger partial charge in [0, 0.05) is 6.20 Å². The SMILES string of the molecule is C1=Cc2ccnn2C1. The van der Waals surface area contributed by atoms with Gasteiger partial charge in [0.1, 0.15) is 0 Å². The highest BCUT2D eigenvalue weighted by Crippen LogP contribution is 2.07. The first-order chi connectivity index (χ1) is 3.97. The highest BCUT2D eigenvalue weighted by molar-refractivity contribution is 5.47. The number of fused-ring (bicyclic) bond motifs is 1. The predicted molar refractivity (Wildman–Crippen MR) is 31.3 cm³/mol. The number of nitrogens with zero attached hydrogens (tertiary/aromatic N) is 2. The maximum Gasteiger partial charge on any atom is 0.0611 e. The van der Waals surface area contributed by atoms with Gasteiger partial charge in [-0.15, -0.1) is 0 Å². The minimum absolute atomic E-state index is 0.947. The number of allylic oxidation sites excluding steroid dienone is 1. The summed E-state index contributed by atoms with van der Waals surface area (Å²) in [6, 6.07) is 2.00. The average molecular weight is 106 g/mol. The van der Waals surface area contributed by atoms with Crippen molar-refractivity contribution in [1.82, 2.24) is 9.78 Å². The minimum Gasteiger partial charge on any atom is -0.262 e. The van der Waals surface area contributed by atoms with Crippen molar-refractivity contribution >= 4 is 6.08 Å². The summed E-state index contributed by atoms with van der Waals surface area (Å²) in [4.78, 5) is 0. The van der Waals surface area contributed by atoms with Crippen LogP contribution in [0.15, 0.2) is 18.3 Å². The van der Waals surface area contributed by atoms with Crippen LogP contribution in [-0.4, -0.2) is 9.78 Å². The van der Waals surface area contributed by atoms with Crippen LogP contribution < -0.4 is 0 Å². The standard InChI is InChI=1S/C6H6N2/c1-2-6-3-4-7-8(6)5-1/h1-4H,5H2. The second-order valence-corrected chi connectivity index (χ2v) is 1.84. The highest BCUT2D eigenvalue weighted by Gasteiger charge is 2.00. The van der Waals surface area contributed by atoms with Gasteiger partial charge < -0.3 is 0 Å². The fourth-order valence-electron chi connectivity index (χ4n) is 0.910. The molecule has 2 nitrogen and oxygen atoms in total. The van der Waals surface area contributed by atoms with E-state index in [0.717, 1.165) is 6.54 Å². The number of rotatable bonds is 0. The van der Waals surface area contributed by atoms with Crippen molar-refractivity contribution in [1.29, 1.82) is 0 Å². The zero-order valence-corrected chi connectivity index (χ0v) is 4.41. The highest BCUT2D eigenvalue weighted by atomic mass is 15.3. The van der Waals surface area contributed by atoms with Gasteiger partial charge in [-0.3, -0.25) is 4.68 Å². The summed E-state index contributed by atoms with van der Waals surface area (Å²) < 4.78 is 1.96. The van der Waals surface area contributed by atoms with Crippen LogP contribution in [0.25, 0.3) is 6.08 Å². The fourth-order valence-corrected chi connectivity index (χ4v) is 0.910. The normalized spacial score (nSPS) is 14.5. The summed E-state index contributed by atoms with van der Waals surface area (Å²) in [6.07, 6.45) is 5.99. The van der Waals surface area contributed by atoms with E-state index in [2.05, 4.69) is 17.3 Å². The van der Waals surface area contributed by atoms with E-state index in [-0.39, 0.29) is 0 Å². The van der Waals surface area contributed by atoms with Gasteiger partial charge in [-0.2, -0.15) is 5.10 Å². The Morgan fingerprint density at radius 3 is 3.50 bits per heavy atom. The molecule has 1 aromatic heterocycles. The largest absolute Gasteiger partial charge is 0.262 e. The Morgan fingerprint density at radius 2 is 2.62 bits per heavy atom. The van der Waals surface area contributed by atoms with E-state index in [0.29, 0.717) is 0 Å². The molecule has 0 N–H and O–H groups in total. The van der Waals surface area contributed by atoms with Gasteiger partial charge in [-0.1, -0.05) is 6.08 Å². The Bertz CT molecular complexity index is 222. The minimum atomic E-state index is 0.947. The summed E-state index contributed by atoms with van der Waals surface area (Å²) in [5, 5.41) is 4.05. The van der Waals surface area contributed by atoms with Crippen LogP contribution in [0.3, 0.4) is 0 Å². The van der Waals surface area contributed by atoms with Crippen molar-refractivity contribution in [3.63, 3.8) is 0 Å². The molecule has 40 valence electrons. The van der Waals surface area contributed by atoms with E-state index in [9.17, 15) is 0 Å². The molecule has 0 aromatic carbocycles. The van der Waals surface area contributed by atoms with Crippen molar-refractivity contribution in [2.24, 2.45) is 0 Å². The van der Waals surface area contributed by atoms with Crippen LogP contribution >= 0.6 is 0 Å². The van der Waals surface area contributed by atoms with Crippen LogP contribution in [-0.2, 0) is 6.54 Å². The molecule has 0 saturated carbocycles. The topological polar surface area (TPSA) is 17.8 Å². The molecule has 0 bridgehead atoms. The fraction of sp³-hybridized carbons (Fsp3) is 0.167. The molecule has 0 spiro atoms. The smallest absolute Gasteiger partial charge is 0.0611 e. The van der Waals surface area contributed by atoms with Crippen molar-refractivity contribution in [2.75, 3.05) is 0 Å². The number of aromatic nitrogens is 2. The molecule has 0 atom stereocenters. The third-order valence-corrected chi connectivity index (χ3v) is 1.32. The van der Waals surface area contributed by atoms with Gasteiger partial charge in [0.25, 0.3) is 0 Å². The lowest BCUT2D eigenvalue weighted by Crippen LogP contribution is -1.92. The first-order valence-electron chi connectivity index (χ1n) is 2.65. The lowest BCUT2D eigenvalue weighted by atomic mass is 10.4. The molecule has 2 rings (SSSR count). The van der Waals surface area contributed by atoms with Crippen molar-refractivity contribution in [2.45, 2.75) is 6.54 Å². The van der Waals surface area contributed by atoms with Crippen LogP contribution in [0.5, 0.6) is 0 Å². The molecule has 0 unspecified atom stereocenters. The van der Waals surface area contributed by atoms with Gasteiger partial charge in [0.15, 0.2) is 0 Å². The number of hydrogen-bond acceptors (Lipinski definition) is 1. The van der Waals surface area contributed by atoms with Gasteiger partial charge >= 0.3 is 0 Å². The molecule has 0 saturated heterocycles. The third kappa shape index (κ3) is 0.346. The van der Waals surface area contributed by atoms with Gasteiger partial charge in [-0.25, -0.2) is 0 Å². The summed E-state index contributed by atoms with van der Waals surface area (Å²) >= 11 is 0. The summed E-state index contributed by atoms with van der Waals surface area (Å²) in [7, 11) is 0. The van der Waals surface area contributed by atoms with E-state index in [1.54, 1.807) is 0 Å². The predicted octanol–water partition coefficient (Wildman–Crippen LogP) is 0.910. The second kappa shape index (κ2) is 1.22. The van der Waals surface area contributed by atoms with E-state index in [4.69, 9.17) is 0 Å². The molecule has 8 heavy (non-hydrogen) atoms. The Morgan fingerprint density at radius 1 is 1.62 bits per heavy atom. The Hall–Kier alpha value is -1.05. The zero-order valence-electron chi connectivity index (χ0n) is 4.41. The first kappa shape index (κ1) is 3.89. The molecular weight excluding hydrogens is 100 g/mol. The lowest BCUT2D eigenvalue weighted by Gasteiger charge is -1.88. The number of hydrogen-bond donors (Lipinski definition) is 0. The lowest BCUT2D eigenvalue weighted by molar-refractivity contribution is 0.713. The van der Waals surface area contributed by atoms with E-state index in [1.807, 2.05) is 16.9 Å². The Balaban J connectivity index is 2.67. The second-order valence-electron chi connectivity index (χ2n) is 1.84. The quantitative estimate of drug-likeness (QED) is 0.480. The van der Waals surface area contributed by atoms with Gasteiger partial charge in [0.2, 0.25) is 0 Å². The van der Waals surface area contributed by atoms with Crippen LogP contribution in [0.2, 0.25) is 0 Å². The third-order valence-electron chi connectivity index (χ3n) is 1.32. The summed E-state index contributed by atoms with van der Waals surface area (Å²) in [5.41, 5.74) is 1.21. The molecule has 0 amide bonds. The Kier molecular flexibility index (Phi) is 0.592. The van der Waals surface area contributed by atoms with E-state index >= 15 is 0 Å². The molecule has 0 aliphatic carbocycles. The van der Waals surface area contributed by atoms with Gasteiger partial charge in [-0.05, 0) is 12.1 Å². The molecule has 2 heteroatoms. The molecule has 1 aliphatic heterocycles. The molecule has 2 heterocycles. The maximum absolute atomic E-state index is 4.05. The van der Waals surface area contributed by atoms with Crippen LogP contribution in [0.1, 0.15) is 5.69 Å². The summed E-state index contributed by atoms with van der Waals surface area (Å²) in [5.74, 6) is 0. The van der Waals surface area contributed by atoms with Gasteiger partial charge in [0.05, 0.1) is 12.2 Å². The molecule has 1 aromatic rings. The van der Waals surface area contributed by atoms with Crippen molar-refractivity contribution in [3.8, 4) is 0 Å². The monoisotopic (exact) mass is 106 g/mol. The summed E-state index contributed by atoms with van der Waals surface area (Å²) in [6.45, 7) is 0.947. The van der Waals surface area contributed by atoms with Crippen molar-refractivity contribution in [3.05, 3.63) is 24.0 Å². The molecule has 1 aliphatic rings. The molecule has 0 fully saturated rings. The average Bonchev–Trinajstić information content (AvgIpc) is 2.15. The van der Waals surface area contributed by atoms with Crippen LogP contribution in [0, 0.1) is 0 Å². The molecule has 0 radical (unpaired) electrons. The van der Waals surface area contributed by atoms with Crippen LogP contribution in [0.4, 0.5) is 0 Å². The zero-order chi connectivity index (χ0) is 5.40.